The minimum absolute atomic E-state index is 0.0185. The number of thiophene rings is 1. The molecule has 2 aliphatic heterocycles. The van der Waals surface area contributed by atoms with Gasteiger partial charge in [-0.25, -0.2) is 13.8 Å². The summed E-state index contributed by atoms with van der Waals surface area (Å²) in [5, 5.41) is 10.6. The number of rotatable bonds is 15. The average Bonchev–Trinajstić information content (AvgIpc) is 3.93. The molecule has 2 saturated heterocycles. The van der Waals surface area contributed by atoms with Crippen molar-refractivity contribution in [3.63, 3.8) is 0 Å². The molecule has 324 valence electrons. The van der Waals surface area contributed by atoms with Crippen LogP contribution in [-0.2, 0) is 9.53 Å². The van der Waals surface area contributed by atoms with Crippen LogP contribution in [0.3, 0.4) is 0 Å². The second kappa shape index (κ2) is 23.8. The molecule has 0 saturated carbocycles. The third kappa shape index (κ3) is 12.8. The lowest BCUT2D eigenvalue weighted by molar-refractivity contribution is -0.112. The van der Waals surface area contributed by atoms with Crippen LogP contribution in [0, 0.1) is 34.9 Å². The summed E-state index contributed by atoms with van der Waals surface area (Å²) >= 11 is 1.27. The number of benzene rings is 1. The molecule has 0 radical (unpaired) electrons. The molecule has 2 aromatic rings. The van der Waals surface area contributed by atoms with E-state index in [9.17, 15) is 10.1 Å². The van der Waals surface area contributed by atoms with Crippen LogP contribution >= 0.6 is 11.3 Å². The number of nitriles is 1. The maximum Gasteiger partial charge on any atom is 0.209 e. The van der Waals surface area contributed by atoms with E-state index < -0.39 is 11.6 Å². The molecule has 9 heteroatoms. The number of methoxy groups -OCH3 is 1. The van der Waals surface area contributed by atoms with Crippen molar-refractivity contribution in [1.82, 2.24) is 9.80 Å². The van der Waals surface area contributed by atoms with E-state index in [-0.39, 0.29) is 17.3 Å². The molecule has 3 heterocycles. The van der Waals surface area contributed by atoms with Gasteiger partial charge in [-0.05, 0) is 125 Å². The van der Waals surface area contributed by atoms with Crippen molar-refractivity contribution >= 4 is 38.5 Å². The minimum Gasteiger partial charge on any atom is -0.481 e. The van der Waals surface area contributed by atoms with E-state index in [2.05, 4.69) is 70.9 Å². The number of nitrogens with zero attached hydrogens (tertiary/aromatic N) is 4. The van der Waals surface area contributed by atoms with E-state index in [0.717, 1.165) is 61.2 Å². The largest absolute Gasteiger partial charge is 0.481 e. The fraction of sp³-hybridized carbons (Fsp3) is 0.580. The quantitative estimate of drug-likeness (QED) is 0.132. The lowest BCUT2D eigenvalue weighted by atomic mass is 9.87. The van der Waals surface area contributed by atoms with Crippen molar-refractivity contribution in [3.8, 4) is 6.07 Å². The number of halogens is 2. The van der Waals surface area contributed by atoms with Crippen molar-refractivity contribution in [3.05, 3.63) is 87.8 Å². The van der Waals surface area contributed by atoms with Crippen LogP contribution in [0.2, 0.25) is 0 Å². The Morgan fingerprint density at radius 2 is 1.81 bits per heavy atom. The zero-order chi connectivity index (χ0) is 44.0. The highest BCUT2D eigenvalue weighted by atomic mass is 32.1. The normalized spacial score (nSPS) is 21.0. The third-order valence-electron chi connectivity index (χ3n) is 12.2. The highest BCUT2D eigenvalue weighted by molar-refractivity contribution is 7.19. The summed E-state index contributed by atoms with van der Waals surface area (Å²) in [6.07, 6.45) is 16.0. The zero-order valence-corrected chi connectivity index (χ0v) is 39.0. The van der Waals surface area contributed by atoms with Gasteiger partial charge in [-0.3, -0.25) is 4.79 Å². The zero-order valence-electron chi connectivity index (χ0n) is 38.2. The Balaban J connectivity index is 0.000000554. The van der Waals surface area contributed by atoms with Gasteiger partial charge in [0.25, 0.3) is 0 Å². The number of ketones is 1. The van der Waals surface area contributed by atoms with Crippen LogP contribution in [0.5, 0.6) is 0 Å². The van der Waals surface area contributed by atoms with E-state index in [0.29, 0.717) is 56.3 Å². The number of ether oxygens (including phenoxy) is 1. The van der Waals surface area contributed by atoms with Crippen molar-refractivity contribution in [2.45, 2.75) is 146 Å². The van der Waals surface area contributed by atoms with Gasteiger partial charge in [0.2, 0.25) is 5.88 Å². The number of aliphatic imine (C=N–C) groups is 1. The molecule has 5 atom stereocenters. The summed E-state index contributed by atoms with van der Waals surface area (Å²) in [5.74, 6) is 1.72. The van der Waals surface area contributed by atoms with Crippen molar-refractivity contribution < 1.29 is 18.3 Å². The van der Waals surface area contributed by atoms with Crippen molar-refractivity contribution in [2.75, 3.05) is 26.7 Å². The molecule has 3 aliphatic rings. The average molecular weight is 831 g/mol. The highest BCUT2D eigenvalue weighted by Crippen LogP contribution is 2.44. The van der Waals surface area contributed by atoms with Crippen LogP contribution in [-0.4, -0.2) is 60.1 Å². The van der Waals surface area contributed by atoms with Crippen LogP contribution in [0.25, 0.3) is 15.7 Å². The molecule has 5 rings (SSSR count). The number of carbonyl (C=O) groups is 1. The summed E-state index contributed by atoms with van der Waals surface area (Å²) in [6, 6.07) is 6.53. The number of carbonyl (C=O) groups excluding carboxylic acids is 1. The van der Waals surface area contributed by atoms with Gasteiger partial charge in [0, 0.05) is 52.3 Å². The Morgan fingerprint density at radius 1 is 1.12 bits per heavy atom. The van der Waals surface area contributed by atoms with Crippen LogP contribution in [0.15, 0.2) is 71.0 Å². The smallest absolute Gasteiger partial charge is 0.209 e. The molecular formula is C50H72F2N4O2S. The predicted octanol–water partition coefficient (Wildman–Crippen LogP) is 13.7. The van der Waals surface area contributed by atoms with Crippen LogP contribution < -0.4 is 0 Å². The molecule has 4 unspecified atom stereocenters. The first-order chi connectivity index (χ1) is 28.1. The lowest BCUT2D eigenvalue weighted by Gasteiger charge is -2.39. The van der Waals surface area contributed by atoms with E-state index in [1.165, 1.54) is 62.8 Å². The van der Waals surface area contributed by atoms with E-state index in [1.54, 1.807) is 25.3 Å². The Morgan fingerprint density at radius 3 is 2.36 bits per heavy atom. The standard InChI is InChI=1S/C38H51F2N3OS.C8H15N.C4H6O/c1-11-15-35(44-10)42-33-21-29(27-17-18-31(39)38-36(27)30(22-41)37(45-38)23(5)6)32(40)20-28(33)26(9)43(14-4)34(25(8)13-3)19-16-24(7)12-2;1-7-5-8-3-2-4-9(8)6-7;1-3-4(2)5/h15,17-18,20-21,23-25,34H,11-14,16,19H2,1-10H3;7-8H,2-6H2,1H3;3H,1H2,2H3/b28-26+,35-15-,42-33-;;/t;7-,8?;/m.1./s1. The maximum atomic E-state index is 16.5. The van der Waals surface area contributed by atoms with Crippen LogP contribution in [0.4, 0.5) is 8.78 Å². The summed E-state index contributed by atoms with van der Waals surface area (Å²) in [7, 11) is 1.58. The highest BCUT2D eigenvalue weighted by Gasteiger charge is 2.33. The molecule has 0 spiro atoms. The summed E-state index contributed by atoms with van der Waals surface area (Å²) < 4.78 is 37.6. The molecule has 59 heavy (non-hydrogen) atoms. The second-order valence-corrected chi connectivity index (χ2v) is 17.9. The maximum absolute atomic E-state index is 16.5. The van der Waals surface area contributed by atoms with Gasteiger partial charge in [-0.1, -0.05) is 80.9 Å². The monoisotopic (exact) mass is 831 g/mol. The number of hydrogen-bond donors (Lipinski definition) is 0. The topological polar surface area (TPSA) is 68.9 Å². The molecule has 0 amide bonds. The van der Waals surface area contributed by atoms with Gasteiger partial charge in [0.15, 0.2) is 5.78 Å². The fourth-order valence-corrected chi connectivity index (χ4v) is 9.63. The number of allylic oxidation sites excluding steroid dienone is 8. The molecule has 1 aromatic heterocycles. The number of hydrogen-bond acceptors (Lipinski definition) is 7. The fourth-order valence-electron chi connectivity index (χ4n) is 8.45. The van der Waals surface area contributed by atoms with Gasteiger partial charge in [-0.2, -0.15) is 5.26 Å². The Hall–Kier alpha value is -3.87. The SMILES string of the molecule is C=CC(C)=O.CC/C=C(/N=C1/C=C(c2ccc(F)c3sc(C(C)C)c(C#N)c23)C(F)=C/C1=C(/C)N(CC)C(CCC(C)CC)C(C)CC)OC.C[C@@H]1CC2CCCN2C1. The molecular weight excluding hydrogens is 759 g/mol. The van der Waals surface area contributed by atoms with Crippen molar-refractivity contribution in [1.29, 1.82) is 5.26 Å². The first-order valence-electron chi connectivity index (χ1n) is 22.0. The summed E-state index contributed by atoms with van der Waals surface area (Å²) in [5.41, 5.74) is 3.40. The molecule has 1 aliphatic carbocycles. The first-order valence-corrected chi connectivity index (χ1v) is 22.8. The molecule has 2 fully saturated rings. The minimum atomic E-state index is -0.438. The summed E-state index contributed by atoms with van der Waals surface area (Å²) in [6.45, 7) is 29.9. The van der Waals surface area contributed by atoms with Gasteiger partial charge >= 0.3 is 0 Å². The lowest BCUT2D eigenvalue weighted by Crippen LogP contribution is -2.39. The Labute approximate surface area is 359 Å². The van der Waals surface area contributed by atoms with Gasteiger partial charge in [-0.15, -0.1) is 11.3 Å². The Kier molecular flexibility index (Phi) is 20.0. The van der Waals surface area contributed by atoms with E-state index >= 15 is 8.78 Å². The van der Waals surface area contributed by atoms with Gasteiger partial charge < -0.3 is 14.5 Å². The molecule has 0 bridgehead atoms. The molecule has 1 aromatic carbocycles. The van der Waals surface area contributed by atoms with Gasteiger partial charge in [0.05, 0.1) is 23.1 Å². The third-order valence-corrected chi connectivity index (χ3v) is 13.7. The van der Waals surface area contributed by atoms with Crippen LogP contribution in [0.1, 0.15) is 149 Å². The second-order valence-electron chi connectivity index (χ2n) is 16.9. The molecule has 0 N–H and O–H groups in total. The molecule has 6 nitrogen and oxygen atoms in total. The number of fused-ring (bicyclic) bond motifs is 2. The summed E-state index contributed by atoms with van der Waals surface area (Å²) in [4.78, 5) is 20.5. The van der Waals surface area contributed by atoms with Crippen molar-refractivity contribution in [2.24, 2.45) is 22.7 Å². The first kappa shape index (κ1) is 49.5. The van der Waals surface area contributed by atoms with Gasteiger partial charge in [0.1, 0.15) is 17.7 Å². The Bertz CT molecular complexity index is 1930. The van der Waals surface area contributed by atoms with E-state index in [1.807, 2.05) is 26.8 Å². The predicted molar refractivity (Wildman–Crippen MR) is 247 cm³/mol. The van der Waals surface area contributed by atoms with E-state index in [4.69, 9.17) is 9.73 Å².